The van der Waals surface area contributed by atoms with Gasteiger partial charge in [-0.05, 0) is 13.8 Å². The van der Waals surface area contributed by atoms with E-state index >= 15 is 0 Å². The number of rotatable bonds is 4. The van der Waals surface area contributed by atoms with E-state index < -0.39 is 18.1 Å². The first kappa shape index (κ1) is 10.8. The lowest BCUT2D eigenvalue weighted by atomic mass is 10.1. The minimum absolute atomic E-state index is 0.150. The number of hydrogen-bond donors (Lipinski definition) is 5. The quantitative estimate of drug-likeness (QED) is 0.310. The monoisotopic (exact) mass is 165 g/mol. The smallest absolute Gasteiger partial charge is 0.288 e. The summed E-state index contributed by atoms with van der Waals surface area (Å²) in [5.41, 5.74) is -0.626. The molecule has 0 unspecified atom stereocenters. The van der Waals surface area contributed by atoms with Crippen molar-refractivity contribution in [3.05, 3.63) is 0 Å². The van der Waals surface area contributed by atoms with Crippen LogP contribution in [0.3, 0.4) is 0 Å². The van der Waals surface area contributed by atoms with Crippen LogP contribution in [0.2, 0.25) is 0 Å². The molecule has 11 heavy (non-hydrogen) atoms. The van der Waals surface area contributed by atoms with Crippen molar-refractivity contribution < 1.29 is 20.4 Å². The van der Waals surface area contributed by atoms with Crippen LogP contribution in [0.4, 0.5) is 0 Å². The first-order valence-electron chi connectivity index (χ1n) is 3.30. The molecule has 0 atom stereocenters. The predicted molar refractivity (Wildman–Crippen MR) is 38.6 cm³/mol. The van der Waals surface area contributed by atoms with E-state index in [1.807, 2.05) is 0 Å². The van der Waals surface area contributed by atoms with Crippen molar-refractivity contribution in [2.75, 3.05) is 13.2 Å². The van der Waals surface area contributed by atoms with Crippen LogP contribution in [-0.4, -0.2) is 45.1 Å². The number of aliphatic hydroxyl groups excluding tert-OH is 1. The van der Waals surface area contributed by atoms with Crippen molar-refractivity contribution in [1.29, 1.82) is 0 Å². The van der Waals surface area contributed by atoms with Crippen LogP contribution in [0.15, 0.2) is 0 Å². The standard InChI is InChI=1S/C6H15NO4/c1-5(2,4-8)7-3-6(9,10)11/h7-11H,3-4H2,1-2H3. The molecule has 0 heterocycles. The van der Waals surface area contributed by atoms with E-state index in [2.05, 4.69) is 5.32 Å². The van der Waals surface area contributed by atoms with Gasteiger partial charge in [0.2, 0.25) is 0 Å². The molecule has 0 saturated heterocycles. The summed E-state index contributed by atoms with van der Waals surface area (Å²) >= 11 is 0. The van der Waals surface area contributed by atoms with Gasteiger partial charge in [-0.3, -0.25) is 0 Å². The molecule has 0 radical (unpaired) electrons. The Balaban J connectivity index is 3.70. The van der Waals surface area contributed by atoms with Gasteiger partial charge in [0, 0.05) is 5.54 Å². The van der Waals surface area contributed by atoms with Gasteiger partial charge < -0.3 is 25.7 Å². The molecular weight excluding hydrogens is 150 g/mol. The second-order valence-corrected chi connectivity index (χ2v) is 3.17. The molecule has 68 valence electrons. The van der Waals surface area contributed by atoms with Gasteiger partial charge in [0.25, 0.3) is 5.97 Å². The molecule has 0 fully saturated rings. The number of aliphatic hydroxyl groups is 4. The Hall–Kier alpha value is -0.200. The normalized spacial score (nSPS) is 13.6. The topological polar surface area (TPSA) is 93.0 Å². The highest BCUT2D eigenvalue weighted by atomic mass is 16.7. The van der Waals surface area contributed by atoms with Crippen LogP contribution in [0.25, 0.3) is 0 Å². The third-order valence-corrected chi connectivity index (χ3v) is 1.20. The van der Waals surface area contributed by atoms with E-state index in [0.717, 1.165) is 0 Å². The average molecular weight is 165 g/mol. The van der Waals surface area contributed by atoms with Gasteiger partial charge in [-0.1, -0.05) is 0 Å². The molecule has 0 aliphatic rings. The van der Waals surface area contributed by atoms with E-state index in [4.69, 9.17) is 20.4 Å². The van der Waals surface area contributed by atoms with Crippen LogP contribution in [-0.2, 0) is 0 Å². The summed E-state index contributed by atoms with van der Waals surface area (Å²) < 4.78 is 0. The van der Waals surface area contributed by atoms with Crippen LogP contribution < -0.4 is 5.32 Å². The molecule has 0 saturated carbocycles. The van der Waals surface area contributed by atoms with Crippen LogP contribution in [0, 0.1) is 0 Å². The van der Waals surface area contributed by atoms with Crippen molar-refractivity contribution >= 4 is 0 Å². The van der Waals surface area contributed by atoms with Crippen molar-refractivity contribution in [1.82, 2.24) is 5.32 Å². The minimum Gasteiger partial charge on any atom is -0.394 e. The van der Waals surface area contributed by atoms with E-state index in [1.165, 1.54) is 0 Å². The number of β-amino-alcohol motifs (C(OH)–C–C–N with tert-alkyl or cyclic N) is 3. The lowest BCUT2D eigenvalue weighted by Gasteiger charge is -2.26. The van der Waals surface area contributed by atoms with Crippen molar-refractivity contribution in [2.45, 2.75) is 25.4 Å². The Kier molecular flexibility index (Phi) is 3.40. The van der Waals surface area contributed by atoms with Crippen molar-refractivity contribution in [3.63, 3.8) is 0 Å². The summed E-state index contributed by atoms with van der Waals surface area (Å²) in [7, 11) is 0. The zero-order valence-corrected chi connectivity index (χ0v) is 6.70. The SMILES string of the molecule is CC(C)(CO)NCC(O)(O)O. The van der Waals surface area contributed by atoms with Gasteiger partial charge in [0.1, 0.15) is 0 Å². The third kappa shape index (κ3) is 6.21. The van der Waals surface area contributed by atoms with Gasteiger partial charge in [-0.15, -0.1) is 0 Å². The Bertz CT molecular complexity index is 118. The Labute approximate surface area is 65.3 Å². The average Bonchev–Trinajstić information content (AvgIpc) is 1.83. The molecule has 0 aliphatic heterocycles. The van der Waals surface area contributed by atoms with Gasteiger partial charge in [0.05, 0.1) is 13.2 Å². The fourth-order valence-electron chi connectivity index (χ4n) is 0.414. The lowest BCUT2D eigenvalue weighted by molar-refractivity contribution is -0.307. The molecule has 0 aromatic heterocycles. The van der Waals surface area contributed by atoms with Crippen LogP contribution >= 0.6 is 0 Å². The highest BCUT2D eigenvalue weighted by molar-refractivity contribution is 4.76. The Morgan fingerprint density at radius 3 is 1.91 bits per heavy atom. The molecule has 0 amide bonds. The fraction of sp³-hybridized carbons (Fsp3) is 1.00. The molecule has 0 aromatic carbocycles. The maximum atomic E-state index is 8.68. The summed E-state index contributed by atoms with van der Waals surface area (Å²) in [4.78, 5) is 0. The highest BCUT2D eigenvalue weighted by Gasteiger charge is 2.23. The summed E-state index contributed by atoms with van der Waals surface area (Å²) in [6.07, 6.45) is 0. The van der Waals surface area contributed by atoms with E-state index in [-0.39, 0.29) is 6.61 Å². The molecule has 0 aromatic rings. The predicted octanol–water partition coefficient (Wildman–Crippen LogP) is -2.02. The van der Waals surface area contributed by atoms with Gasteiger partial charge in [-0.25, -0.2) is 0 Å². The fourth-order valence-corrected chi connectivity index (χ4v) is 0.414. The van der Waals surface area contributed by atoms with Crippen molar-refractivity contribution in [3.8, 4) is 0 Å². The van der Waals surface area contributed by atoms with Gasteiger partial charge in [0.15, 0.2) is 0 Å². The Morgan fingerprint density at radius 2 is 1.64 bits per heavy atom. The van der Waals surface area contributed by atoms with Crippen LogP contribution in [0.5, 0.6) is 0 Å². The molecular formula is C6H15NO4. The maximum absolute atomic E-state index is 8.68. The first-order chi connectivity index (χ1) is 4.77. The maximum Gasteiger partial charge on any atom is 0.288 e. The minimum atomic E-state index is -2.72. The van der Waals surface area contributed by atoms with Crippen molar-refractivity contribution in [2.24, 2.45) is 0 Å². The first-order valence-corrected chi connectivity index (χ1v) is 3.30. The van der Waals surface area contributed by atoms with Crippen LogP contribution in [0.1, 0.15) is 13.8 Å². The molecule has 0 bridgehead atoms. The third-order valence-electron chi connectivity index (χ3n) is 1.20. The molecule has 5 N–H and O–H groups in total. The van der Waals surface area contributed by atoms with Gasteiger partial charge >= 0.3 is 0 Å². The molecule has 0 spiro atoms. The number of hydrogen-bond acceptors (Lipinski definition) is 5. The van der Waals surface area contributed by atoms with Gasteiger partial charge in [-0.2, -0.15) is 0 Å². The molecule has 5 heteroatoms. The van der Waals surface area contributed by atoms with E-state index in [0.29, 0.717) is 0 Å². The molecule has 5 nitrogen and oxygen atoms in total. The lowest BCUT2D eigenvalue weighted by Crippen LogP contribution is -2.50. The van der Waals surface area contributed by atoms with E-state index in [1.54, 1.807) is 13.8 Å². The summed E-state index contributed by atoms with van der Waals surface area (Å²) in [6.45, 7) is 2.78. The zero-order chi connectivity index (χ0) is 9.12. The van der Waals surface area contributed by atoms with E-state index in [9.17, 15) is 0 Å². The number of nitrogens with one attached hydrogen (secondary N) is 1. The largest absolute Gasteiger partial charge is 0.394 e. The Morgan fingerprint density at radius 1 is 1.18 bits per heavy atom. The summed E-state index contributed by atoms with van der Waals surface area (Å²) in [5.74, 6) is -2.72. The molecule has 0 rings (SSSR count). The second kappa shape index (κ2) is 3.46. The second-order valence-electron chi connectivity index (χ2n) is 3.17. The summed E-state index contributed by atoms with van der Waals surface area (Å²) in [6, 6.07) is 0. The zero-order valence-electron chi connectivity index (χ0n) is 6.70. The summed E-state index contributed by atoms with van der Waals surface area (Å²) in [5, 5.41) is 36.6. The molecule has 0 aliphatic carbocycles. The highest BCUT2D eigenvalue weighted by Crippen LogP contribution is 2.01.